The lowest BCUT2D eigenvalue weighted by Gasteiger charge is -2.29. The SMILES string of the molecule is Cc1cccc(NC(=O)C[NH+]2CC[NH+](CC(=O)Nc3ccccc3F)CC2)c1C. The zero-order valence-electron chi connectivity index (χ0n) is 17.0. The van der Waals surface area contributed by atoms with Crippen molar-refractivity contribution in [3.8, 4) is 0 Å². The van der Waals surface area contributed by atoms with Crippen molar-refractivity contribution in [1.29, 1.82) is 0 Å². The van der Waals surface area contributed by atoms with Crippen LogP contribution in [0, 0.1) is 19.7 Å². The summed E-state index contributed by atoms with van der Waals surface area (Å²) in [5.74, 6) is -0.615. The van der Waals surface area contributed by atoms with E-state index in [-0.39, 0.29) is 17.5 Å². The molecule has 7 heteroatoms. The highest BCUT2D eigenvalue weighted by Gasteiger charge is 2.26. The molecular formula is C22H29FN4O2+2. The van der Waals surface area contributed by atoms with Gasteiger partial charge in [-0.1, -0.05) is 24.3 Å². The Kier molecular flexibility index (Phi) is 6.95. The molecule has 1 heterocycles. The topological polar surface area (TPSA) is 67.1 Å². The zero-order valence-corrected chi connectivity index (χ0v) is 17.0. The third-order valence-corrected chi connectivity index (χ3v) is 5.51. The van der Waals surface area contributed by atoms with Gasteiger partial charge < -0.3 is 20.4 Å². The maximum absolute atomic E-state index is 13.6. The molecule has 0 spiro atoms. The lowest BCUT2D eigenvalue weighted by molar-refractivity contribution is -1.00. The number of amides is 2. The number of carbonyl (C=O) groups is 2. The van der Waals surface area contributed by atoms with Crippen LogP contribution < -0.4 is 20.4 Å². The Balaban J connectivity index is 1.42. The molecule has 0 bridgehead atoms. The van der Waals surface area contributed by atoms with Crippen LogP contribution in [0.4, 0.5) is 15.8 Å². The van der Waals surface area contributed by atoms with Gasteiger partial charge in [-0.2, -0.15) is 0 Å². The molecule has 0 aromatic heterocycles. The van der Waals surface area contributed by atoms with E-state index in [1.54, 1.807) is 18.2 Å². The van der Waals surface area contributed by atoms with Crippen LogP contribution in [0.15, 0.2) is 42.5 Å². The lowest BCUT2D eigenvalue weighted by atomic mass is 10.1. The minimum atomic E-state index is -0.431. The van der Waals surface area contributed by atoms with E-state index in [1.165, 1.54) is 11.0 Å². The summed E-state index contributed by atoms with van der Waals surface area (Å²) >= 11 is 0. The molecule has 2 amide bonds. The molecule has 154 valence electrons. The largest absolute Gasteiger partial charge is 0.321 e. The van der Waals surface area contributed by atoms with Gasteiger partial charge in [-0.25, -0.2) is 4.39 Å². The average Bonchev–Trinajstić information content (AvgIpc) is 2.69. The summed E-state index contributed by atoms with van der Waals surface area (Å²) in [5.41, 5.74) is 3.32. The lowest BCUT2D eigenvalue weighted by Crippen LogP contribution is -3.28. The van der Waals surface area contributed by atoms with Gasteiger partial charge in [0.15, 0.2) is 13.1 Å². The van der Waals surface area contributed by atoms with E-state index in [9.17, 15) is 14.0 Å². The van der Waals surface area contributed by atoms with Crippen LogP contribution in [0.25, 0.3) is 0 Å². The summed E-state index contributed by atoms with van der Waals surface area (Å²) in [6, 6.07) is 12.1. The molecule has 2 aromatic rings. The van der Waals surface area contributed by atoms with Crippen molar-refractivity contribution in [2.45, 2.75) is 13.8 Å². The van der Waals surface area contributed by atoms with Gasteiger partial charge in [0.25, 0.3) is 11.8 Å². The van der Waals surface area contributed by atoms with Crippen molar-refractivity contribution in [1.82, 2.24) is 0 Å². The number of anilines is 2. The highest BCUT2D eigenvalue weighted by molar-refractivity contribution is 5.92. The summed E-state index contributed by atoms with van der Waals surface area (Å²) in [4.78, 5) is 26.9. The molecule has 3 rings (SSSR count). The standard InChI is InChI=1S/C22H27FN4O2/c1-16-6-5-9-19(17(16)2)24-21(28)14-26-10-12-27(13-11-26)15-22(29)25-20-8-4-3-7-18(20)23/h3-9H,10-15H2,1-2H3,(H,24,28)(H,25,29)/p+2. The van der Waals surface area contributed by atoms with E-state index in [1.807, 2.05) is 32.0 Å². The van der Waals surface area contributed by atoms with Crippen molar-refractivity contribution in [3.05, 3.63) is 59.4 Å². The Hall–Kier alpha value is -2.77. The van der Waals surface area contributed by atoms with E-state index in [2.05, 4.69) is 10.6 Å². The molecule has 0 radical (unpaired) electrons. The number of nitrogens with one attached hydrogen (secondary N) is 4. The fraction of sp³-hybridized carbons (Fsp3) is 0.364. The maximum atomic E-state index is 13.6. The van der Waals surface area contributed by atoms with E-state index >= 15 is 0 Å². The van der Waals surface area contributed by atoms with Crippen LogP contribution >= 0.6 is 0 Å². The number of halogens is 1. The second-order valence-electron chi connectivity index (χ2n) is 7.68. The first kappa shape index (κ1) is 21.0. The number of carbonyl (C=O) groups excluding carboxylic acids is 2. The first-order chi connectivity index (χ1) is 13.9. The van der Waals surface area contributed by atoms with Gasteiger partial charge >= 0.3 is 0 Å². The molecule has 0 atom stereocenters. The van der Waals surface area contributed by atoms with Gasteiger partial charge in [0.05, 0.1) is 5.69 Å². The van der Waals surface area contributed by atoms with Crippen LogP contribution in [-0.2, 0) is 9.59 Å². The van der Waals surface area contributed by atoms with Gasteiger partial charge in [0.1, 0.15) is 32.0 Å². The summed E-state index contributed by atoms with van der Waals surface area (Å²) in [5, 5.41) is 5.64. The minimum Gasteiger partial charge on any atom is -0.321 e. The second kappa shape index (κ2) is 9.62. The number of para-hydroxylation sites is 1. The highest BCUT2D eigenvalue weighted by atomic mass is 19.1. The monoisotopic (exact) mass is 400 g/mol. The fourth-order valence-corrected chi connectivity index (χ4v) is 3.60. The third-order valence-electron chi connectivity index (χ3n) is 5.51. The molecule has 0 saturated carbocycles. The Bertz CT molecular complexity index is 879. The van der Waals surface area contributed by atoms with Crippen molar-refractivity contribution >= 4 is 23.2 Å². The highest BCUT2D eigenvalue weighted by Crippen LogP contribution is 2.17. The first-order valence-electron chi connectivity index (χ1n) is 10.00. The van der Waals surface area contributed by atoms with Gasteiger partial charge in [0.2, 0.25) is 0 Å². The van der Waals surface area contributed by atoms with E-state index in [4.69, 9.17) is 0 Å². The minimum absolute atomic E-state index is 0.00875. The normalized spacial score (nSPS) is 18.9. The third kappa shape index (κ3) is 5.85. The van der Waals surface area contributed by atoms with Gasteiger partial charge in [-0.3, -0.25) is 9.59 Å². The Morgan fingerprint density at radius 2 is 1.34 bits per heavy atom. The molecule has 0 unspecified atom stereocenters. The molecule has 1 saturated heterocycles. The van der Waals surface area contributed by atoms with Crippen LogP contribution in [-0.4, -0.2) is 51.1 Å². The summed E-state index contributed by atoms with van der Waals surface area (Å²) in [6.45, 7) is 8.00. The van der Waals surface area contributed by atoms with Crippen LogP contribution in [0.3, 0.4) is 0 Å². The van der Waals surface area contributed by atoms with Gasteiger partial charge in [-0.05, 0) is 43.2 Å². The van der Waals surface area contributed by atoms with Crippen LogP contribution in [0.2, 0.25) is 0 Å². The van der Waals surface area contributed by atoms with E-state index in [0.717, 1.165) is 47.9 Å². The fourth-order valence-electron chi connectivity index (χ4n) is 3.60. The second-order valence-corrected chi connectivity index (χ2v) is 7.68. The first-order valence-corrected chi connectivity index (χ1v) is 10.00. The molecule has 6 nitrogen and oxygen atoms in total. The summed E-state index contributed by atoms with van der Waals surface area (Å²) < 4.78 is 13.6. The van der Waals surface area contributed by atoms with Crippen molar-refractivity contribution in [2.75, 3.05) is 49.9 Å². The predicted octanol–water partition coefficient (Wildman–Crippen LogP) is -0.197. The molecule has 0 aliphatic carbocycles. The van der Waals surface area contributed by atoms with Crippen molar-refractivity contribution in [2.24, 2.45) is 0 Å². The van der Waals surface area contributed by atoms with Gasteiger partial charge in [0, 0.05) is 5.69 Å². The van der Waals surface area contributed by atoms with Crippen LogP contribution in [0.1, 0.15) is 11.1 Å². The number of hydrogen-bond acceptors (Lipinski definition) is 2. The summed E-state index contributed by atoms with van der Waals surface area (Å²) in [7, 11) is 0. The molecule has 29 heavy (non-hydrogen) atoms. The number of benzene rings is 2. The van der Waals surface area contributed by atoms with Crippen molar-refractivity contribution < 1.29 is 23.8 Å². The molecule has 1 fully saturated rings. The number of rotatable bonds is 6. The van der Waals surface area contributed by atoms with Gasteiger partial charge in [-0.15, -0.1) is 0 Å². The quantitative estimate of drug-likeness (QED) is 0.543. The average molecular weight is 400 g/mol. The molecule has 1 aliphatic rings. The maximum Gasteiger partial charge on any atom is 0.279 e. The zero-order chi connectivity index (χ0) is 20.8. The molecule has 2 aromatic carbocycles. The number of hydrogen-bond donors (Lipinski definition) is 4. The number of piperazine rings is 1. The molecule has 4 N–H and O–H groups in total. The predicted molar refractivity (Wildman–Crippen MR) is 111 cm³/mol. The van der Waals surface area contributed by atoms with Crippen LogP contribution in [0.5, 0.6) is 0 Å². The molecular weight excluding hydrogens is 371 g/mol. The Morgan fingerprint density at radius 1 is 0.828 bits per heavy atom. The number of quaternary nitrogens is 2. The Morgan fingerprint density at radius 3 is 1.93 bits per heavy atom. The Labute approximate surface area is 170 Å². The van der Waals surface area contributed by atoms with Crippen molar-refractivity contribution in [3.63, 3.8) is 0 Å². The molecule has 1 aliphatic heterocycles. The van der Waals surface area contributed by atoms with E-state index < -0.39 is 5.82 Å². The van der Waals surface area contributed by atoms with E-state index in [0.29, 0.717) is 13.1 Å². The number of aryl methyl sites for hydroxylation is 1. The summed E-state index contributed by atoms with van der Waals surface area (Å²) in [6.07, 6.45) is 0. The smallest absolute Gasteiger partial charge is 0.279 e.